The largest absolute Gasteiger partial charge is 0.490 e. The number of nitrogens with one attached hydrogen (secondary N) is 2. The molecule has 2 heterocycles. The summed E-state index contributed by atoms with van der Waals surface area (Å²) in [5, 5.41) is 12.9. The summed E-state index contributed by atoms with van der Waals surface area (Å²) in [4.78, 5) is 38.1. The number of rotatable bonds is 5. The smallest absolute Gasteiger partial charge is 0.475 e. The lowest BCUT2D eigenvalue weighted by atomic mass is 9.85. The van der Waals surface area contributed by atoms with Crippen LogP contribution in [0, 0.1) is 11.6 Å². The van der Waals surface area contributed by atoms with Gasteiger partial charge >= 0.3 is 12.1 Å². The van der Waals surface area contributed by atoms with Crippen LogP contribution in [0.1, 0.15) is 30.1 Å². The fraction of sp³-hybridized carbons (Fsp3) is 0.400. The number of carbonyl (C=O) groups is 3. The second-order valence-corrected chi connectivity index (χ2v) is 9.09. The zero-order chi connectivity index (χ0) is 28.1. The Labute approximate surface area is 215 Å². The molecule has 2 saturated heterocycles. The van der Waals surface area contributed by atoms with Crippen molar-refractivity contribution in [1.82, 2.24) is 15.5 Å². The maximum absolute atomic E-state index is 13.7. The molecule has 4 rings (SSSR count). The first-order chi connectivity index (χ1) is 17.8. The SMILES string of the molecule is C[C@H](CN1CCC2(CC1)C(=O)NCN2c1cccc(F)c1)NC(=O)c1cccc(F)c1.O=C(O)C(F)(F)F. The lowest BCUT2D eigenvalue weighted by Crippen LogP contribution is -2.57. The Kier molecular flexibility index (Phi) is 8.92. The molecular weight excluding hydrogens is 515 g/mol. The lowest BCUT2D eigenvalue weighted by Gasteiger charge is -2.43. The molecule has 2 amide bonds. The van der Waals surface area contributed by atoms with E-state index in [9.17, 15) is 31.5 Å². The number of halogens is 5. The molecule has 206 valence electrons. The van der Waals surface area contributed by atoms with Gasteiger partial charge in [-0.1, -0.05) is 12.1 Å². The number of amides is 2. The van der Waals surface area contributed by atoms with Crippen LogP contribution in [-0.2, 0) is 9.59 Å². The highest BCUT2D eigenvalue weighted by Crippen LogP contribution is 2.36. The van der Waals surface area contributed by atoms with Gasteiger partial charge in [-0.3, -0.25) is 9.59 Å². The Morgan fingerprint density at radius 2 is 1.66 bits per heavy atom. The van der Waals surface area contributed by atoms with E-state index in [4.69, 9.17) is 9.90 Å². The van der Waals surface area contributed by atoms with Gasteiger partial charge in [-0.2, -0.15) is 13.2 Å². The summed E-state index contributed by atoms with van der Waals surface area (Å²) in [6.07, 6.45) is -3.86. The summed E-state index contributed by atoms with van der Waals surface area (Å²) < 4.78 is 58.8. The van der Waals surface area contributed by atoms with Crippen molar-refractivity contribution in [3.8, 4) is 0 Å². The van der Waals surface area contributed by atoms with E-state index in [0.717, 1.165) is 0 Å². The predicted octanol–water partition coefficient (Wildman–Crippen LogP) is 3.14. The molecule has 0 radical (unpaired) electrons. The number of anilines is 1. The van der Waals surface area contributed by atoms with Crippen LogP contribution in [0.5, 0.6) is 0 Å². The molecule has 1 spiro atoms. The molecular formula is C25H27F5N4O4. The van der Waals surface area contributed by atoms with Crippen molar-refractivity contribution in [2.24, 2.45) is 0 Å². The van der Waals surface area contributed by atoms with E-state index in [1.165, 1.54) is 30.3 Å². The first kappa shape index (κ1) is 28.8. The fourth-order valence-electron chi connectivity index (χ4n) is 4.54. The molecule has 3 N–H and O–H groups in total. The van der Waals surface area contributed by atoms with Crippen molar-refractivity contribution in [2.45, 2.75) is 37.5 Å². The van der Waals surface area contributed by atoms with Crippen molar-refractivity contribution in [2.75, 3.05) is 31.2 Å². The highest BCUT2D eigenvalue weighted by molar-refractivity contribution is 5.94. The Bertz CT molecular complexity index is 1170. The number of piperidine rings is 1. The van der Waals surface area contributed by atoms with Gasteiger partial charge in [0.25, 0.3) is 5.91 Å². The number of hydrogen-bond donors (Lipinski definition) is 3. The number of carboxylic acids is 1. The van der Waals surface area contributed by atoms with Crippen LogP contribution in [0.2, 0.25) is 0 Å². The van der Waals surface area contributed by atoms with Gasteiger partial charge in [0.1, 0.15) is 17.2 Å². The number of nitrogens with zero attached hydrogens (tertiary/aromatic N) is 2. The number of carbonyl (C=O) groups excluding carboxylic acids is 2. The molecule has 38 heavy (non-hydrogen) atoms. The summed E-state index contributed by atoms with van der Waals surface area (Å²) in [5.74, 6) is -3.86. The summed E-state index contributed by atoms with van der Waals surface area (Å²) in [5.41, 5.74) is 0.304. The van der Waals surface area contributed by atoms with Crippen LogP contribution in [0.4, 0.5) is 27.6 Å². The zero-order valence-electron chi connectivity index (χ0n) is 20.4. The Balaban J connectivity index is 0.000000505. The fourth-order valence-corrected chi connectivity index (χ4v) is 4.54. The van der Waals surface area contributed by atoms with E-state index >= 15 is 0 Å². The summed E-state index contributed by atoms with van der Waals surface area (Å²) in [6, 6.07) is 11.8. The van der Waals surface area contributed by atoms with Gasteiger partial charge in [0.2, 0.25) is 5.91 Å². The first-order valence-electron chi connectivity index (χ1n) is 11.7. The minimum atomic E-state index is -5.08. The van der Waals surface area contributed by atoms with Crippen LogP contribution in [0.25, 0.3) is 0 Å². The van der Waals surface area contributed by atoms with Crippen LogP contribution in [0.15, 0.2) is 48.5 Å². The molecule has 2 aliphatic heterocycles. The average Bonchev–Trinajstić information content (AvgIpc) is 3.15. The molecule has 2 fully saturated rings. The molecule has 0 unspecified atom stereocenters. The van der Waals surface area contributed by atoms with E-state index in [2.05, 4.69) is 15.5 Å². The minimum absolute atomic E-state index is 0.0242. The van der Waals surface area contributed by atoms with Crippen LogP contribution < -0.4 is 15.5 Å². The molecule has 0 aliphatic carbocycles. The van der Waals surface area contributed by atoms with Crippen molar-refractivity contribution < 1.29 is 41.4 Å². The van der Waals surface area contributed by atoms with Gasteiger partial charge in [-0.25, -0.2) is 13.6 Å². The van der Waals surface area contributed by atoms with Crippen LogP contribution in [0.3, 0.4) is 0 Å². The standard InChI is InChI=1S/C23H26F2N4O2.C2HF3O2/c1-16(27-21(30)17-4-2-5-18(24)12-17)14-28-10-8-23(9-11-28)22(31)26-15-29(23)20-7-3-6-19(25)13-20;3-2(4,5)1(6)7/h2-7,12-13,16H,8-11,14-15H2,1H3,(H,26,31)(H,27,30);(H,6,7)/t16-;/m1./s1. The molecule has 0 aromatic heterocycles. The topological polar surface area (TPSA) is 102 Å². The molecule has 2 aromatic carbocycles. The van der Waals surface area contributed by atoms with E-state index in [1.807, 2.05) is 17.9 Å². The Morgan fingerprint density at radius 3 is 2.21 bits per heavy atom. The number of alkyl halides is 3. The maximum Gasteiger partial charge on any atom is 0.490 e. The first-order valence-corrected chi connectivity index (χ1v) is 11.7. The quantitative estimate of drug-likeness (QED) is 0.502. The van der Waals surface area contributed by atoms with E-state index in [0.29, 0.717) is 44.8 Å². The number of aliphatic carboxylic acids is 1. The summed E-state index contributed by atoms with van der Waals surface area (Å²) in [7, 11) is 0. The highest BCUT2D eigenvalue weighted by Gasteiger charge is 2.50. The second kappa shape index (κ2) is 11.8. The highest BCUT2D eigenvalue weighted by atomic mass is 19.4. The Morgan fingerprint density at radius 1 is 1.08 bits per heavy atom. The average molecular weight is 543 g/mol. The maximum atomic E-state index is 13.7. The normalized spacial score (nSPS) is 17.8. The summed E-state index contributed by atoms with van der Waals surface area (Å²) in [6.45, 7) is 4.25. The van der Waals surface area contributed by atoms with Crippen molar-refractivity contribution in [1.29, 1.82) is 0 Å². The van der Waals surface area contributed by atoms with Crippen molar-refractivity contribution in [3.05, 3.63) is 65.7 Å². The summed E-state index contributed by atoms with van der Waals surface area (Å²) >= 11 is 0. The second-order valence-electron chi connectivity index (χ2n) is 9.09. The van der Waals surface area contributed by atoms with Gasteiger partial charge in [0.15, 0.2) is 0 Å². The lowest BCUT2D eigenvalue weighted by molar-refractivity contribution is -0.192. The van der Waals surface area contributed by atoms with Crippen LogP contribution >= 0.6 is 0 Å². The van der Waals surface area contributed by atoms with Gasteiger partial charge in [0, 0.05) is 36.9 Å². The molecule has 0 saturated carbocycles. The van der Waals surface area contributed by atoms with Gasteiger partial charge < -0.3 is 25.5 Å². The third-order valence-electron chi connectivity index (χ3n) is 6.38. The van der Waals surface area contributed by atoms with Gasteiger partial charge in [-0.05, 0) is 56.2 Å². The predicted molar refractivity (Wildman–Crippen MR) is 127 cm³/mol. The van der Waals surface area contributed by atoms with E-state index in [-0.39, 0.29) is 29.2 Å². The third-order valence-corrected chi connectivity index (χ3v) is 6.38. The number of hydrogen-bond acceptors (Lipinski definition) is 5. The molecule has 2 aliphatic rings. The number of likely N-dealkylation sites (tertiary alicyclic amines) is 1. The number of benzene rings is 2. The zero-order valence-corrected chi connectivity index (χ0v) is 20.4. The number of carboxylic acid groups (broad SMARTS) is 1. The Hall–Kier alpha value is -3.74. The van der Waals surface area contributed by atoms with Crippen LogP contribution in [-0.4, -0.2) is 71.9 Å². The van der Waals surface area contributed by atoms with Crippen molar-refractivity contribution >= 4 is 23.5 Å². The van der Waals surface area contributed by atoms with E-state index < -0.39 is 23.5 Å². The molecule has 13 heteroatoms. The molecule has 8 nitrogen and oxygen atoms in total. The van der Waals surface area contributed by atoms with E-state index in [1.54, 1.807) is 12.1 Å². The minimum Gasteiger partial charge on any atom is -0.475 e. The van der Waals surface area contributed by atoms with Gasteiger partial charge in [-0.15, -0.1) is 0 Å². The third kappa shape index (κ3) is 6.97. The molecule has 1 atom stereocenters. The van der Waals surface area contributed by atoms with Gasteiger partial charge in [0.05, 0.1) is 6.67 Å². The van der Waals surface area contributed by atoms with Crippen molar-refractivity contribution in [3.63, 3.8) is 0 Å². The molecule has 0 bridgehead atoms. The molecule has 2 aromatic rings. The monoisotopic (exact) mass is 542 g/mol.